The molecule has 0 aromatic heterocycles. The van der Waals surface area contributed by atoms with E-state index in [-0.39, 0.29) is 18.3 Å². The summed E-state index contributed by atoms with van der Waals surface area (Å²) in [4.78, 5) is 14.4. The van der Waals surface area contributed by atoms with Crippen molar-refractivity contribution < 1.29 is 9.53 Å². The second-order valence-electron chi connectivity index (χ2n) is 5.20. The second kappa shape index (κ2) is 8.90. The zero-order chi connectivity index (χ0) is 15.2. The van der Waals surface area contributed by atoms with Gasteiger partial charge in [-0.2, -0.15) is 0 Å². The molecule has 2 N–H and O–H groups in total. The number of carbonyl (C=O) groups is 1. The molecule has 1 aromatic carbocycles. The molecule has 0 atom stereocenters. The van der Waals surface area contributed by atoms with Crippen LogP contribution in [0.15, 0.2) is 24.3 Å². The lowest BCUT2D eigenvalue weighted by Crippen LogP contribution is -2.45. The first-order valence-corrected chi connectivity index (χ1v) is 7.11. The summed E-state index contributed by atoms with van der Waals surface area (Å²) in [6.07, 6.45) is 1.54. The lowest BCUT2D eigenvalue weighted by Gasteiger charge is -2.33. The zero-order valence-corrected chi connectivity index (χ0v) is 14.2. The normalized spacial score (nSPS) is 10.7. The molecule has 1 rings (SSSR count). The number of hydrogen-bond acceptors (Lipinski definition) is 3. The van der Waals surface area contributed by atoms with Crippen LogP contribution in [0, 0.1) is 5.41 Å². The highest BCUT2D eigenvalue weighted by molar-refractivity contribution is 5.85. The summed E-state index contributed by atoms with van der Waals surface area (Å²) in [6, 6.07) is 7.77. The van der Waals surface area contributed by atoms with E-state index in [9.17, 15) is 4.79 Å². The van der Waals surface area contributed by atoms with E-state index in [4.69, 9.17) is 10.5 Å². The van der Waals surface area contributed by atoms with Crippen molar-refractivity contribution in [2.75, 3.05) is 20.7 Å². The number of halogens is 1. The van der Waals surface area contributed by atoms with Crippen LogP contribution in [0.5, 0.6) is 5.75 Å². The molecule has 0 heterocycles. The molecule has 0 aliphatic rings. The number of amides is 1. The fourth-order valence-corrected chi connectivity index (χ4v) is 2.41. The van der Waals surface area contributed by atoms with Crippen molar-refractivity contribution in [1.29, 1.82) is 0 Å². The van der Waals surface area contributed by atoms with E-state index in [1.807, 2.05) is 45.2 Å². The van der Waals surface area contributed by atoms with Gasteiger partial charge < -0.3 is 15.4 Å². The first-order chi connectivity index (χ1) is 9.52. The Morgan fingerprint density at radius 3 is 2.14 bits per heavy atom. The van der Waals surface area contributed by atoms with Crippen LogP contribution in [0.1, 0.15) is 32.3 Å². The number of methoxy groups -OCH3 is 1. The molecule has 21 heavy (non-hydrogen) atoms. The Bertz CT molecular complexity index is 422. The summed E-state index contributed by atoms with van der Waals surface area (Å²) in [5, 5.41) is 0. The van der Waals surface area contributed by atoms with Gasteiger partial charge in [-0.3, -0.25) is 4.79 Å². The molecule has 0 spiro atoms. The molecule has 0 bridgehead atoms. The highest BCUT2D eigenvalue weighted by atomic mass is 35.5. The topological polar surface area (TPSA) is 55.6 Å². The van der Waals surface area contributed by atoms with E-state index in [2.05, 4.69) is 0 Å². The first kappa shape index (κ1) is 19.7. The summed E-state index contributed by atoms with van der Waals surface area (Å²) in [7, 11) is 3.48. The maximum absolute atomic E-state index is 12.6. The number of rotatable bonds is 7. The molecule has 1 aromatic rings. The van der Waals surface area contributed by atoms with Crippen LogP contribution in [0.3, 0.4) is 0 Å². The maximum atomic E-state index is 12.6. The van der Waals surface area contributed by atoms with Gasteiger partial charge in [0.2, 0.25) is 5.91 Å². The summed E-state index contributed by atoms with van der Waals surface area (Å²) in [5.74, 6) is 0.946. The minimum Gasteiger partial charge on any atom is -0.497 e. The molecule has 0 aliphatic carbocycles. The predicted octanol–water partition coefficient (Wildman–Crippen LogP) is 2.84. The molecular weight excluding hydrogens is 288 g/mol. The molecule has 4 nitrogen and oxygen atoms in total. The quantitative estimate of drug-likeness (QED) is 0.842. The van der Waals surface area contributed by atoms with Gasteiger partial charge in [-0.25, -0.2) is 0 Å². The second-order valence-corrected chi connectivity index (χ2v) is 5.20. The molecule has 0 radical (unpaired) electrons. The van der Waals surface area contributed by atoms with Gasteiger partial charge in [0.05, 0.1) is 12.5 Å². The molecule has 0 unspecified atom stereocenters. The Balaban J connectivity index is 0.00000400. The van der Waals surface area contributed by atoms with Crippen LogP contribution >= 0.6 is 12.4 Å². The number of benzene rings is 1. The fraction of sp³-hybridized carbons (Fsp3) is 0.562. The standard InChI is InChI=1S/C16H26N2O2.ClH/c1-5-16(6-2,12-17)15(19)18(3)11-13-7-9-14(20-4)10-8-13;/h7-10H,5-6,11-12,17H2,1-4H3;1H. The third-order valence-corrected chi connectivity index (χ3v) is 4.12. The SMILES string of the molecule is CCC(CC)(CN)C(=O)N(C)Cc1ccc(OC)cc1.Cl. The Hall–Kier alpha value is -1.26. The van der Waals surface area contributed by atoms with Gasteiger partial charge in [0.1, 0.15) is 5.75 Å². The summed E-state index contributed by atoms with van der Waals surface area (Å²) in [5.41, 5.74) is 6.49. The minimum absolute atomic E-state index is 0. The Morgan fingerprint density at radius 2 is 1.76 bits per heavy atom. The van der Waals surface area contributed by atoms with Gasteiger partial charge in [-0.1, -0.05) is 26.0 Å². The highest BCUT2D eigenvalue weighted by Crippen LogP contribution is 2.28. The molecule has 0 fully saturated rings. The summed E-state index contributed by atoms with van der Waals surface area (Å²) in [6.45, 7) is 5.03. The number of carbonyl (C=O) groups excluding carboxylic acids is 1. The lowest BCUT2D eigenvalue weighted by molar-refractivity contribution is -0.141. The van der Waals surface area contributed by atoms with Gasteiger partial charge in [0.15, 0.2) is 0 Å². The third kappa shape index (κ3) is 4.61. The molecule has 5 heteroatoms. The van der Waals surface area contributed by atoms with Gasteiger partial charge in [-0.05, 0) is 30.5 Å². The van der Waals surface area contributed by atoms with Crippen LogP contribution in [0.4, 0.5) is 0 Å². The summed E-state index contributed by atoms with van der Waals surface area (Å²) >= 11 is 0. The van der Waals surface area contributed by atoms with Crippen LogP contribution in [0.25, 0.3) is 0 Å². The predicted molar refractivity (Wildman–Crippen MR) is 88.8 cm³/mol. The molecule has 0 saturated heterocycles. The van der Waals surface area contributed by atoms with Gasteiger partial charge in [0.25, 0.3) is 0 Å². The van der Waals surface area contributed by atoms with Gasteiger partial charge >= 0.3 is 0 Å². The van der Waals surface area contributed by atoms with E-state index in [0.29, 0.717) is 13.1 Å². The van der Waals surface area contributed by atoms with Crippen LogP contribution in [0.2, 0.25) is 0 Å². The van der Waals surface area contributed by atoms with E-state index < -0.39 is 5.41 Å². The number of hydrogen-bond donors (Lipinski definition) is 1. The van der Waals surface area contributed by atoms with Crippen LogP contribution < -0.4 is 10.5 Å². The maximum Gasteiger partial charge on any atom is 0.230 e. The number of nitrogens with two attached hydrogens (primary N) is 1. The lowest BCUT2D eigenvalue weighted by atomic mass is 9.81. The highest BCUT2D eigenvalue weighted by Gasteiger charge is 2.35. The molecule has 0 saturated carbocycles. The van der Waals surface area contributed by atoms with E-state index in [1.165, 1.54) is 0 Å². The molecular formula is C16H27ClN2O2. The largest absolute Gasteiger partial charge is 0.497 e. The van der Waals surface area contributed by atoms with Crippen LogP contribution in [-0.2, 0) is 11.3 Å². The van der Waals surface area contributed by atoms with Crippen molar-refractivity contribution in [2.45, 2.75) is 33.2 Å². The zero-order valence-electron chi connectivity index (χ0n) is 13.4. The van der Waals surface area contributed by atoms with Crippen molar-refractivity contribution in [3.8, 4) is 5.75 Å². The Morgan fingerprint density at radius 1 is 1.24 bits per heavy atom. The molecule has 120 valence electrons. The van der Waals surface area contributed by atoms with Crippen molar-refractivity contribution in [2.24, 2.45) is 11.1 Å². The number of ether oxygens (including phenoxy) is 1. The average Bonchev–Trinajstić information content (AvgIpc) is 2.50. The van der Waals surface area contributed by atoms with Crippen molar-refractivity contribution in [1.82, 2.24) is 4.90 Å². The summed E-state index contributed by atoms with van der Waals surface area (Å²) < 4.78 is 5.13. The van der Waals surface area contributed by atoms with Crippen molar-refractivity contribution in [3.05, 3.63) is 29.8 Å². The molecule has 0 aliphatic heterocycles. The van der Waals surface area contributed by atoms with Gasteiger partial charge in [0, 0.05) is 20.1 Å². The number of nitrogens with zero attached hydrogens (tertiary/aromatic N) is 1. The Labute approximate surface area is 134 Å². The molecule has 1 amide bonds. The van der Waals surface area contributed by atoms with Gasteiger partial charge in [-0.15, -0.1) is 12.4 Å². The van der Waals surface area contributed by atoms with Crippen molar-refractivity contribution >= 4 is 18.3 Å². The third-order valence-electron chi connectivity index (χ3n) is 4.12. The fourth-order valence-electron chi connectivity index (χ4n) is 2.41. The minimum atomic E-state index is -0.429. The van der Waals surface area contributed by atoms with E-state index in [1.54, 1.807) is 12.0 Å². The van der Waals surface area contributed by atoms with Crippen molar-refractivity contribution in [3.63, 3.8) is 0 Å². The van der Waals surface area contributed by atoms with E-state index in [0.717, 1.165) is 24.2 Å². The van der Waals surface area contributed by atoms with Crippen LogP contribution in [-0.4, -0.2) is 31.5 Å². The average molecular weight is 315 g/mol. The first-order valence-electron chi connectivity index (χ1n) is 7.11. The monoisotopic (exact) mass is 314 g/mol. The van der Waals surface area contributed by atoms with E-state index >= 15 is 0 Å². The Kier molecular flexibility index (Phi) is 8.37. The smallest absolute Gasteiger partial charge is 0.230 e.